The van der Waals surface area contributed by atoms with Gasteiger partial charge in [0.1, 0.15) is 5.75 Å². The van der Waals surface area contributed by atoms with Crippen molar-refractivity contribution in [2.45, 2.75) is 4.90 Å². The fourth-order valence-corrected chi connectivity index (χ4v) is 3.35. The zero-order valence-electron chi connectivity index (χ0n) is 12.1. The number of benzene rings is 2. The summed E-state index contributed by atoms with van der Waals surface area (Å²) in [5.74, 6) is 0.612. The Bertz CT molecular complexity index is 901. The van der Waals surface area contributed by atoms with Crippen LogP contribution in [-0.4, -0.2) is 32.5 Å². The molecule has 22 heavy (non-hydrogen) atoms. The van der Waals surface area contributed by atoms with Crippen LogP contribution in [0.15, 0.2) is 53.7 Å². The number of anilines is 1. The van der Waals surface area contributed by atoms with Crippen molar-refractivity contribution in [1.82, 2.24) is 9.97 Å². The number of nitrogens with one attached hydrogen (secondary N) is 1. The van der Waals surface area contributed by atoms with Crippen LogP contribution < -0.4 is 9.04 Å². The summed E-state index contributed by atoms with van der Waals surface area (Å²) >= 11 is 0. The van der Waals surface area contributed by atoms with Crippen LogP contribution in [0.2, 0.25) is 0 Å². The van der Waals surface area contributed by atoms with Crippen LogP contribution in [0.5, 0.6) is 5.75 Å². The van der Waals surface area contributed by atoms with E-state index in [-0.39, 0.29) is 4.90 Å². The lowest BCUT2D eigenvalue weighted by atomic mass is 10.3. The number of hydrogen-bond donors (Lipinski definition) is 1. The molecule has 0 saturated carbocycles. The van der Waals surface area contributed by atoms with Gasteiger partial charge in [-0.1, -0.05) is 0 Å². The maximum atomic E-state index is 12.7. The quantitative estimate of drug-likeness (QED) is 0.802. The molecule has 0 bridgehead atoms. The molecule has 2 aromatic carbocycles. The fraction of sp³-hybridized carbons (Fsp3) is 0.133. The van der Waals surface area contributed by atoms with E-state index >= 15 is 0 Å². The zero-order valence-corrected chi connectivity index (χ0v) is 13.0. The molecule has 0 spiro atoms. The van der Waals surface area contributed by atoms with Gasteiger partial charge in [-0.2, -0.15) is 0 Å². The molecule has 0 amide bonds. The molecule has 0 aliphatic carbocycles. The molecule has 3 aromatic rings. The van der Waals surface area contributed by atoms with Crippen LogP contribution in [0.1, 0.15) is 0 Å². The van der Waals surface area contributed by atoms with E-state index in [1.165, 1.54) is 30.6 Å². The van der Waals surface area contributed by atoms with Crippen molar-refractivity contribution in [3.63, 3.8) is 0 Å². The average molecular weight is 317 g/mol. The van der Waals surface area contributed by atoms with E-state index in [4.69, 9.17) is 4.74 Å². The highest BCUT2D eigenvalue weighted by atomic mass is 32.2. The molecule has 3 rings (SSSR count). The monoisotopic (exact) mass is 317 g/mol. The number of fused-ring (bicyclic) bond motifs is 1. The summed E-state index contributed by atoms with van der Waals surface area (Å²) in [6.45, 7) is 0. The normalized spacial score (nSPS) is 11.5. The van der Waals surface area contributed by atoms with Crippen LogP contribution in [0.4, 0.5) is 5.69 Å². The molecule has 0 aliphatic rings. The molecule has 1 N–H and O–H groups in total. The molecule has 1 aromatic heterocycles. The minimum absolute atomic E-state index is 0.209. The summed E-state index contributed by atoms with van der Waals surface area (Å²) in [6.07, 6.45) is 1.58. The second-order valence-electron chi connectivity index (χ2n) is 4.75. The maximum Gasteiger partial charge on any atom is 0.264 e. The standard InChI is InChI=1S/C15H15N3O3S/c1-18(11-3-8-14-15(9-11)17-10-16-14)22(19,20)13-6-4-12(21-2)5-7-13/h3-10H,1-2H3,(H,16,17). The lowest BCUT2D eigenvalue weighted by Gasteiger charge is -2.19. The van der Waals surface area contributed by atoms with E-state index in [0.717, 1.165) is 11.0 Å². The number of nitrogens with zero attached hydrogens (tertiary/aromatic N) is 2. The van der Waals surface area contributed by atoms with Gasteiger partial charge in [0.2, 0.25) is 0 Å². The van der Waals surface area contributed by atoms with Gasteiger partial charge in [-0.3, -0.25) is 4.31 Å². The Morgan fingerprint density at radius 3 is 2.55 bits per heavy atom. The molecule has 6 nitrogen and oxygen atoms in total. The number of aromatic amines is 1. The molecule has 0 saturated heterocycles. The molecule has 0 aliphatic heterocycles. The van der Waals surface area contributed by atoms with E-state index in [0.29, 0.717) is 11.4 Å². The number of H-pyrrole nitrogens is 1. The number of methoxy groups -OCH3 is 1. The third-order valence-corrected chi connectivity index (χ3v) is 5.29. The Morgan fingerprint density at radius 2 is 1.86 bits per heavy atom. The minimum atomic E-state index is -3.63. The van der Waals surface area contributed by atoms with E-state index in [9.17, 15) is 8.42 Å². The number of aromatic nitrogens is 2. The van der Waals surface area contributed by atoms with Gasteiger partial charge >= 0.3 is 0 Å². The number of rotatable bonds is 4. The Kier molecular flexibility index (Phi) is 3.50. The van der Waals surface area contributed by atoms with Crippen molar-refractivity contribution in [3.05, 3.63) is 48.8 Å². The lowest BCUT2D eigenvalue weighted by molar-refractivity contribution is 0.414. The number of imidazole rings is 1. The van der Waals surface area contributed by atoms with E-state index in [1.807, 2.05) is 0 Å². The topological polar surface area (TPSA) is 75.3 Å². The molecule has 0 radical (unpaired) electrons. The summed E-state index contributed by atoms with van der Waals surface area (Å²) in [7, 11) is -0.563. The van der Waals surface area contributed by atoms with Gasteiger partial charge in [0, 0.05) is 7.05 Å². The van der Waals surface area contributed by atoms with Gasteiger partial charge < -0.3 is 9.72 Å². The van der Waals surface area contributed by atoms with Crippen molar-refractivity contribution in [2.24, 2.45) is 0 Å². The maximum absolute atomic E-state index is 12.7. The third-order valence-electron chi connectivity index (χ3n) is 3.49. The van der Waals surface area contributed by atoms with Gasteiger partial charge in [0.15, 0.2) is 0 Å². The van der Waals surface area contributed by atoms with Crippen LogP contribution >= 0.6 is 0 Å². The molecule has 1 heterocycles. The first-order valence-corrected chi connectivity index (χ1v) is 8.02. The largest absolute Gasteiger partial charge is 0.497 e. The SMILES string of the molecule is COc1ccc(S(=O)(=O)N(C)c2ccc3nc[nH]c3c2)cc1. The smallest absolute Gasteiger partial charge is 0.264 e. The van der Waals surface area contributed by atoms with Gasteiger partial charge in [0.25, 0.3) is 10.0 Å². The average Bonchev–Trinajstić information content (AvgIpc) is 3.01. The molecule has 0 unspecified atom stereocenters. The molecular weight excluding hydrogens is 302 g/mol. The number of sulfonamides is 1. The summed E-state index contributed by atoms with van der Waals surface area (Å²) in [5, 5.41) is 0. The Hall–Kier alpha value is -2.54. The van der Waals surface area contributed by atoms with E-state index < -0.39 is 10.0 Å². The Morgan fingerprint density at radius 1 is 1.14 bits per heavy atom. The number of ether oxygens (including phenoxy) is 1. The predicted octanol–water partition coefficient (Wildman–Crippen LogP) is 2.40. The first-order chi connectivity index (χ1) is 10.5. The van der Waals surface area contributed by atoms with E-state index in [2.05, 4.69) is 9.97 Å². The van der Waals surface area contributed by atoms with Crippen molar-refractivity contribution < 1.29 is 13.2 Å². The van der Waals surface area contributed by atoms with Gasteiger partial charge in [-0.15, -0.1) is 0 Å². The van der Waals surface area contributed by atoms with Crippen LogP contribution in [0.25, 0.3) is 11.0 Å². The minimum Gasteiger partial charge on any atom is -0.497 e. The summed E-state index contributed by atoms with van der Waals surface area (Å²) in [4.78, 5) is 7.30. The number of hydrogen-bond acceptors (Lipinski definition) is 4. The molecular formula is C15H15N3O3S. The van der Waals surface area contributed by atoms with Crippen molar-refractivity contribution >= 4 is 26.7 Å². The molecule has 114 valence electrons. The lowest BCUT2D eigenvalue weighted by Crippen LogP contribution is -2.26. The van der Waals surface area contributed by atoms with Crippen LogP contribution in [0, 0.1) is 0 Å². The predicted molar refractivity (Wildman–Crippen MR) is 84.7 cm³/mol. The summed E-state index contributed by atoms with van der Waals surface area (Å²) in [5.41, 5.74) is 2.14. The van der Waals surface area contributed by atoms with Crippen molar-refractivity contribution in [2.75, 3.05) is 18.5 Å². The third kappa shape index (κ3) is 2.39. The fourth-order valence-electron chi connectivity index (χ4n) is 2.16. The first-order valence-electron chi connectivity index (χ1n) is 6.58. The van der Waals surface area contributed by atoms with Gasteiger partial charge in [0.05, 0.1) is 35.1 Å². The molecule has 7 heteroatoms. The highest BCUT2D eigenvalue weighted by Crippen LogP contribution is 2.25. The Labute approximate surface area is 128 Å². The zero-order chi connectivity index (χ0) is 15.7. The summed E-state index contributed by atoms with van der Waals surface area (Å²) in [6, 6.07) is 11.6. The van der Waals surface area contributed by atoms with Gasteiger partial charge in [-0.25, -0.2) is 13.4 Å². The molecule has 0 fully saturated rings. The Balaban J connectivity index is 1.99. The second-order valence-corrected chi connectivity index (χ2v) is 6.72. The van der Waals surface area contributed by atoms with Crippen molar-refractivity contribution in [3.8, 4) is 5.75 Å². The molecule has 0 atom stereocenters. The van der Waals surface area contributed by atoms with Crippen LogP contribution in [-0.2, 0) is 10.0 Å². The second kappa shape index (κ2) is 5.34. The summed E-state index contributed by atoms with van der Waals surface area (Å²) < 4.78 is 31.6. The van der Waals surface area contributed by atoms with Crippen molar-refractivity contribution in [1.29, 1.82) is 0 Å². The van der Waals surface area contributed by atoms with E-state index in [1.54, 1.807) is 36.7 Å². The highest BCUT2D eigenvalue weighted by molar-refractivity contribution is 7.92. The highest BCUT2D eigenvalue weighted by Gasteiger charge is 2.21. The van der Waals surface area contributed by atoms with Crippen LogP contribution in [0.3, 0.4) is 0 Å². The first kappa shape index (κ1) is 14.4. The van der Waals surface area contributed by atoms with Gasteiger partial charge in [-0.05, 0) is 42.5 Å².